The van der Waals surface area contributed by atoms with Crippen molar-refractivity contribution >= 4 is 6.29 Å². The fourth-order valence-corrected chi connectivity index (χ4v) is 0.571. The molecule has 0 unspecified atom stereocenters. The van der Waals surface area contributed by atoms with E-state index in [0.717, 1.165) is 6.29 Å². The van der Waals surface area contributed by atoms with Crippen molar-refractivity contribution in [3.63, 3.8) is 0 Å². The molecule has 0 radical (unpaired) electrons. The van der Waals surface area contributed by atoms with Gasteiger partial charge in [0.15, 0.2) is 0 Å². The van der Waals surface area contributed by atoms with E-state index < -0.39 is 0 Å². The monoisotopic (exact) mass is 160 g/mol. The minimum atomic E-state index is -0.00312. The molecule has 0 aliphatic rings. The first-order valence-electron chi connectivity index (χ1n) is 3.92. The third-order valence-electron chi connectivity index (χ3n) is 1.19. The maximum atomic E-state index is 10.1. The molecule has 0 N–H and O–H groups in total. The number of hydrogen-bond acceptors (Lipinski definition) is 3. The molecule has 0 aromatic carbocycles. The molecule has 0 saturated carbocycles. The van der Waals surface area contributed by atoms with Gasteiger partial charge in [-0.15, -0.1) is 0 Å². The van der Waals surface area contributed by atoms with Crippen LogP contribution in [0.4, 0.5) is 0 Å². The molecule has 0 saturated heterocycles. The van der Waals surface area contributed by atoms with E-state index in [2.05, 4.69) is 0 Å². The third kappa shape index (κ3) is 7.49. The third-order valence-corrected chi connectivity index (χ3v) is 1.19. The van der Waals surface area contributed by atoms with Crippen LogP contribution in [-0.2, 0) is 14.3 Å². The summed E-state index contributed by atoms with van der Waals surface area (Å²) in [4.78, 5) is 10.1. The van der Waals surface area contributed by atoms with E-state index in [0.29, 0.717) is 26.4 Å². The van der Waals surface area contributed by atoms with Gasteiger partial charge in [0, 0.05) is 12.5 Å². The lowest BCUT2D eigenvalue weighted by atomic mass is 10.2. The minimum Gasteiger partial charge on any atom is -0.379 e. The Labute approximate surface area is 67.7 Å². The first kappa shape index (κ1) is 10.6. The standard InChI is InChI=1S/C8H16O3/c1-3-10-4-5-11-7-8(2)6-9/h6,8H,3-5,7H2,1-2H3/t8-/m0/s1. The van der Waals surface area contributed by atoms with Gasteiger partial charge in [0.05, 0.1) is 19.8 Å². The summed E-state index contributed by atoms with van der Waals surface area (Å²) in [6.45, 7) is 6.17. The van der Waals surface area contributed by atoms with Gasteiger partial charge in [-0.2, -0.15) is 0 Å². The molecule has 0 heterocycles. The van der Waals surface area contributed by atoms with Crippen LogP contribution in [0, 0.1) is 5.92 Å². The topological polar surface area (TPSA) is 35.5 Å². The van der Waals surface area contributed by atoms with E-state index in [4.69, 9.17) is 9.47 Å². The Morgan fingerprint density at radius 3 is 2.55 bits per heavy atom. The van der Waals surface area contributed by atoms with Crippen LogP contribution in [0.25, 0.3) is 0 Å². The fraction of sp³-hybridized carbons (Fsp3) is 0.875. The highest BCUT2D eigenvalue weighted by atomic mass is 16.5. The number of aldehydes is 1. The minimum absolute atomic E-state index is 0.00312. The molecule has 0 aromatic rings. The number of ether oxygens (including phenoxy) is 2. The van der Waals surface area contributed by atoms with Crippen LogP contribution in [0.15, 0.2) is 0 Å². The smallest absolute Gasteiger partial charge is 0.125 e. The van der Waals surface area contributed by atoms with E-state index in [1.54, 1.807) is 0 Å². The van der Waals surface area contributed by atoms with Gasteiger partial charge in [-0.05, 0) is 6.92 Å². The van der Waals surface area contributed by atoms with E-state index in [1.165, 1.54) is 0 Å². The van der Waals surface area contributed by atoms with Gasteiger partial charge in [-0.3, -0.25) is 0 Å². The molecule has 0 rings (SSSR count). The lowest BCUT2D eigenvalue weighted by Crippen LogP contribution is -2.11. The van der Waals surface area contributed by atoms with Crippen molar-refractivity contribution in [2.45, 2.75) is 13.8 Å². The van der Waals surface area contributed by atoms with Crippen LogP contribution < -0.4 is 0 Å². The lowest BCUT2D eigenvalue weighted by Gasteiger charge is -2.05. The first-order valence-corrected chi connectivity index (χ1v) is 3.92. The van der Waals surface area contributed by atoms with Crippen LogP contribution in [0.1, 0.15) is 13.8 Å². The second kappa shape index (κ2) is 7.69. The molecule has 0 fully saturated rings. The van der Waals surface area contributed by atoms with E-state index in [9.17, 15) is 4.79 Å². The summed E-state index contributed by atoms with van der Waals surface area (Å²) in [5, 5.41) is 0. The Balaban J connectivity index is 2.95. The molecule has 0 spiro atoms. The quantitative estimate of drug-likeness (QED) is 0.409. The summed E-state index contributed by atoms with van der Waals surface area (Å²) in [7, 11) is 0. The van der Waals surface area contributed by atoms with Crippen LogP contribution >= 0.6 is 0 Å². The summed E-state index contributed by atoms with van der Waals surface area (Å²) in [6, 6.07) is 0. The van der Waals surface area contributed by atoms with Crippen molar-refractivity contribution in [2.24, 2.45) is 5.92 Å². The zero-order valence-electron chi connectivity index (χ0n) is 7.21. The second-order valence-electron chi connectivity index (χ2n) is 2.39. The van der Waals surface area contributed by atoms with E-state index in [1.807, 2.05) is 13.8 Å². The van der Waals surface area contributed by atoms with Crippen LogP contribution in [0.3, 0.4) is 0 Å². The number of carbonyl (C=O) groups is 1. The number of rotatable bonds is 7. The molecule has 66 valence electrons. The molecule has 0 bridgehead atoms. The summed E-state index contributed by atoms with van der Waals surface area (Å²) < 4.78 is 10.2. The van der Waals surface area contributed by atoms with Gasteiger partial charge in [-0.1, -0.05) is 6.92 Å². The van der Waals surface area contributed by atoms with Crippen LogP contribution in [0.2, 0.25) is 0 Å². The van der Waals surface area contributed by atoms with Crippen molar-refractivity contribution < 1.29 is 14.3 Å². The summed E-state index contributed by atoms with van der Waals surface area (Å²) in [5.41, 5.74) is 0. The van der Waals surface area contributed by atoms with Gasteiger partial charge in [0.1, 0.15) is 6.29 Å². The van der Waals surface area contributed by atoms with Crippen molar-refractivity contribution in [1.29, 1.82) is 0 Å². The molecule has 3 nitrogen and oxygen atoms in total. The number of carbonyl (C=O) groups excluding carboxylic acids is 1. The normalized spacial score (nSPS) is 12.9. The van der Waals surface area contributed by atoms with Crippen molar-refractivity contribution in [3.05, 3.63) is 0 Å². The zero-order valence-corrected chi connectivity index (χ0v) is 7.21. The molecule has 1 atom stereocenters. The van der Waals surface area contributed by atoms with Crippen LogP contribution in [0.5, 0.6) is 0 Å². The summed E-state index contributed by atoms with van der Waals surface area (Å²) in [6.07, 6.45) is 0.890. The fourth-order valence-electron chi connectivity index (χ4n) is 0.571. The predicted octanol–water partition coefficient (Wildman–Crippen LogP) is 0.875. The molecule has 0 amide bonds. The van der Waals surface area contributed by atoms with Gasteiger partial charge >= 0.3 is 0 Å². The van der Waals surface area contributed by atoms with Gasteiger partial charge in [-0.25, -0.2) is 0 Å². The molecule has 11 heavy (non-hydrogen) atoms. The molecule has 0 aromatic heterocycles. The Hall–Kier alpha value is -0.410. The van der Waals surface area contributed by atoms with Crippen LogP contribution in [-0.4, -0.2) is 32.7 Å². The molecular weight excluding hydrogens is 144 g/mol. The molecule has 0 aliphatic carbocycles. The van der Waals surface area contributed by atoms with Gasteiger partial charge in [0.2, 0.25) is 0 Å². The first-order chi connectivity index (χ1) is 5.31. The average molecular weight is 160 g/mol. The summed E-state index contributed by atoms with van der Waals surface area (Å²) in [5.74, 6) is -0.00312. The van der Waals surface area contributed by atoms with Gasteiger partial charge < -0.3 is 14.3 Å². The average Bonchev–Trinajstić information content (AvgIpc) is 2.04. The Kier molecular flexibility index (Phi) is 7.41. The van der Waals surface area contributed by atoms with E-state index in [-0.39, 0.29) is 5.92 Å². The van der Waals surface area contributed by atoms with Crippen molar-refractivity contribution in [1.82, 2.24) is 0 Å². The predicted molar refractivity (Wildman–Crippen MR) is 42.5 cm³/mol. The van der Waals surface area contributed by atoms with E-state index >= 15 is 0 Å². The summed E-state index contributed by atoms with van der Waals surface area (Å²) >= 11 is 0. The van der Waals surface area contributed by atoms with Gasteiger partial charge in [0.25, 0.3) is 0 Å². The highest BCUT2D eigenvalue weighted by Crippen LogP contribution is 1.89. The lowest BCUT2D eigenvalue weighted by molar-refractivity contribution is -0.112. The Bertz CT molecular complexity index is 93.3. The highest BCUT2D eigenvalue weighted by molar-refractivity contribution is 5.52. The number of hydrogen-bond donors (Lipinski definition) is 0. The maximum Gasteiger partial charge on any atom is 0.125 e. The zero-order chi connectivity index (χ0) is 8.53. The largest absolute Gasteiger partial charge is 0.379 e. The Morgan fingerprint density at radius 1 is 1.36 bits per heavy atom. The SMILES string of the molecule is CCOCCOC[C@@H](C)C=O. The molecule has 3 heteroatoms. The highest BCUT2D eigenvalue weighted by Gasteiger charge is 1.97. The molecular formula is C8H16O3. The van der Waals surface area contributed by atoms with Crippen molar-refractivity contribution in [3.8, 4) is 0 Å². The maximum absolute atomic E-state index is 10.1. The molecule has 0 aliphatic heterocycles. The Morgan fingerprint density at radius 2 is 2.00 bits per heavy atom. The second-order valence-corrected chi connectivity index (χ2v) is 2.39. The van der Waals surface area contributed by atoms with Crippen molar-refractivity contribution in [2.75, 3.05) is 26.4 Å².